The van der Waals surface area contributed by atoms with Gasteiger partial charge >= 0.3 is 5.97 Å². The number of carbonyl (C=O) groups excluding carboxylic acids is 1. The van der Waals surface area contributed by atoms with Gasteiger partial charge in [-0.15, -0.1) is 0 Å². The van der Waals surface area contributed by atoms with Crippen molar-refractivity contribution in [2.24, 2.45) is 0 Å². The van der Waals surface area contributed by atoms with Crippen molar-refractivity contribution < 1.29 is 13.9 Å². The molecule has 0 bridgehead atoms. The number of ether oxygens (including phenoxy) is 1. The number of hydrogen-bond acceptors (Lipinski definition) is 3. The van der Waals surface area contributed by atoms with Gasteiger partial charge in [-0.25, -0.2) is 9.18 Å². The fourth-order valence-electron chi connectivity index (χ4n) is 1.78. The number of anilines is 1. The molecule has 0 aliphatic heterocycles. The minimum atomic E-state index is -0.504. The number of esters is 1. The molecule has 1 N–H and O–H groups in total. The lowest BCUT2D eigenvalue weighted by Gasteiger charge is -2.10. The Balaban J connectivity index is 2.17. The molecule has 0 fully saturated rings. The van der Waals surface area contributed by atoms with Crippen LogP contribution in [0.25, 0.3) is 0 Å². The number of nitrogens with one attached hydrogen (secondary N) is 1. The summed E-state index contributed by atoms with van der Waals surface area (Å²) in [6.45, 7) is 0.403. The molecule has 0 saturated carbocycles. The first-order chi connectivity index (χ1) is 10.0. The molecule has 0 unspecified atom stereocenters. The third kappa shape index (κ3) is 3.95. The predicted molar refractivity (Wildman–Crippen MR) is 84.2 cm³/mol. The zero-order valence-electron chi connectivity index (χ0n) is 11.1. The minimum absolute atomic E-state index is 0.280. The van der Waals surface area contributed by atoms with Gasteiger partial charge in [0.25, 0.3) is 0 Å². The highest BCUT2D eigenvalue weighted by Gasteiger charge is 2.11. The SMILES string of the molecule is COC(=O)c1cc(NCc2cc(F)ccc2Br)ccc1Cl. The molecule has 2 aromatic carbocycles. The molecular weight excluding hydrogens is 361 g/mol. The van der Waals surface area contributed by atoms with Gasteiger partial charge < -0.3 is 10.1 Å². The van der Waals surface area contributed by atoms with Gasteiger partial charge in [-0.2, -0.15) is 0 Å². The van der Waals surface area contributed by atoms with Crippen molar-refractivity contribution >= 4 is 39.2 Å². The second kappa shape index (κ2) is 6.91. The van der Waals surface area contributed by atoms with Crippen LogP contribution in [0.5, 0.6) is 0 Å². The lowest BCUT2D eigenvalue weighted by atomic mass is 10.2. The molecule has 0 saturated heterocycles. The Kier molecular flexibility index (Phi) is 5.20. The zero-order valence-corrected chi connectivity index (χ0v) is 13.5. The van der Waals surface area contributed by atoms with Crippen LogP contribution in [-0.4, -0.2) is 13.1 Å². The Morgan fingerprint density at radius 3 is 2.81 bits per heavy atom. The summed E-state index contributed by atoms with van der Waals surface area (Å²) in [5, 5.41) is 3.43. The Labute approximate surface area is 135 Å². The molecule has 0 radical (unpaired) electrons. The van der Waals surface area contributed by atoms with Crippen LogP contribution >= 0.6 is 27.5 Å². The van der Waals surface area contributed by atoms with E-state index >= 15 is 0 Å². The first-order valence-corrected chi connectivity index (χ1v) is 7.24. The van der Waals surface area contributed by atoms with E-state index in [2.05, 4.69) is 26.0 Å². The average Bonchev–Trinajstić information content (AvgIpc) is 2.48. The van der Waals surface area contributed by atoms with Gasteiger partial charge in [0.15, 0.2) is 0 Å². The molecule has 0 spiro atoms. The molecule has 0 atom stereocenters. The highest BCUT2D eigenvalue weighted by atomic mass is 79.9. The van der Waals surface area contributed by atoms with Gasteiger partial charge in [0.1, 0.15) is 5.82 Å². The van der Waals surface area contributed by atoms with Crippen LogP contribution in [0.4, 0.5) is 10.1 Å². The van der Waals surface area contributed by atoms with Crippen molar-refractivity contribution in [2.75, 3.05) is 12.4 Å². The van der Waals surface area contributed by atoms with Crippen molar-refractivity contribution in [3.8, 4) is 0 Å². The third-order valence-electron chi connectivity index (χ3n) is 2.86. The maximum absolute atomic E-state index is 13.2. The quantitative estimate of drug-likeness (QED) is 0.795. The number of methoxy groups -OCH3 is 1. The monoisotopic (exact) mass is 371 g/mol. The molecule has 21 heavy (non-hydrogen) atoms. The summed E-state index contributed by atoms with van der Waals surface area (Å²) >= 11 is 9.31. The smallest absolute Gasteiger partial charge is 0.339 e. The summed E-state index contributed by atoms with van der Waals surface area (Å²) in [5.41, 5.74) is 1.74. The Hall–Kier alpha value is -1.59. The second-order valence-corrected chi connectivity index (χ2v) is 5.54. The van der Waals surface area contributed by atoms with Crippen LogP contribution in [0.2, 0.25) is 5.02 Å². The molecule has 0 heterocycles. The van der Waals surface area contributed by atoms with Crippen molar-refractivity contribution in [3.63, 3.8) is 0 Å². The van der Waals surface area contributed by atoms with E-state index in [0.717, 1.165) is 10.0 Å². The van der Waals surface area contributed by atoms with E-state index in [4.69, 9.17) is 11.6 Å². The maximum Gasteiger partial charge on any atom is 0.339 e. The van der Waals surface area contributed by atoms with E-state index in [1.807, 2.05) is 0 Å². The van der Waals surface area contributed by atoms with Crippen LogP contribution in [0, 0.1) is 5.82 Å². The van der Waals surface area contributed by atoms with Gasteiger partial charge in [0, 0.05) is 16.7 Å². The summed E-state index contributed by atoms with van der Waals surface area (Å²) in [6, 6.07) is 9.41. The van der Waals surface area contributed by atoms with Crippen molar-refractivity contribution in [1.82, 2.24) is 0 Å². The lowest BCUT2D eigenvalue weighted by Crippen LogP contribution is -2.05. The summed E-state index contributed by atoms with van der Waals surface area (Å²) in [6.07, 6.45) is 0. The van der Waals surface area contributed by atoms with E-state index in [1.54, 1.807) is 24.3 Å². The number of carbonyl (C=O) groups is 1. The molecule has 0 aliphatic carbocycles. The van der Waals surface area contributed by atoms with Gasteiger partial charge in [-0.3, -0.25) is 0 Å². The van der Waals surface area contributed by atoms with Gasteiger partial charge in [-0.1, -0.05) is 27.5 Å². The molecule has 2 aromatic rings. The molecular formula is C15H12BrClFNO2. The maximum atomic E-state index is 13.2. The van der Waals surface area contributed by atoms with Crippen molar-refractivity contribution in [1.29, 1.82) is 0 Å². The van der Waals surface area contributed by atoms with Crippen LogP contribution < -0.4 is 5.32 Å². The van der Waals surface area contributed by atoms with E-state index in [-0.39, 0.29) is 11.4 Å². The van der Waals surface area contributed by atoms with Gasteiger partial charge in [-0.05, 0) is 42.0 Å². The predicted octanol–water partition coefficient (Wildman–Crippen LogP) is 4.64. The van der Waals surface area contributed by atoms with Crippen molar-refractivity contribution in [3.05, 3.63) is 62.8 Å². The second-order valence-electron chi connectivity index (χ2n) is 4.28. The molecule has 110 valence electrons. The Bertz CT molecular complexity index is 679. The molecule has 6 heteroatoms. The summed E-state index contributed by atoms with van der Waals surface area (Å²) < 4.78 is 18.7. The molecule has 0 aromatic heterocycles. The average molecular weight is 373 g/mol. The number of halogens is 3. The lowest BCUT2D eigenvalue weighted by molar-refractivity contribution is 0.0601. The van der Waals surface area contributed by atoms with Crippen LogP contribution in [0.1, 0.15) is 15.9 Å². The first kappa shape index (κ1) is 15.8. The molecule has 0 amide bonds. The van der Waals surface area contributed by atoms with Gasteiger partial charge in [0.2, 0.25) is 0 Å². The Morgan fingerprint density at radius 2 is 2.10 bits per heavy atom. The molecule has 3 nitrogen and oxygen atoms in total. The minimum Gasteiger partial charge on any atom is -0.465 e. The summed E-state index contributed by atoms with van der Waals surface area (Å²) in [4.78, 5) is 11.6. The number of benzene rings is 2. The summed E-state index contributed by atoms with van der Waals surface area (Å²) in [7, 11) is 1.29. The normalized spacial score (nSPS) is 10.3. The van der Waals surface area contributed by atoms with E-state index in [9.17, 15) is 9.18 Å². The van der Waals surface area contributed by atoms with Crippen LogP contribution in [0.3, 0.4) is 0 Å². The number of rotatable bonds is 4. The molecule has 0 aliphatic rings. The van der Waals surface area contributed by atoms with E-state index < -0.39 is 5.97 Å². The summed E-state index contributed by atoms with van der Waals surface area (Å²) in [5.74, 6) is -0.808. The van der Waals surface area contributed by atoms with E-state index in [1.165, 1.54) is 19.2 Å². The third-order valence-corrected chi connectivity index (χ3v) is 3.97. The molecule has 2 rings (SSSR count). The van der Waals surface area contributed by atoms with Gasteiger partial charge in [0.05, 0.1) is 17.7 Å². The Morgan fingerprint density at radius 1 is 1.33 bits per heavy atom. The van der Waals surface area contributed by atoms with Crippen LogP contribution in [0.15, 0.2) is 40.9 Å². The number of hydrogen-bond donors (Lipinski definition) is 1. The largest absolute Gasteiger partial charge is 0.465 e. The van der Waals surface area contributed by atoms with Crippen molar-refractivity contribution in [2.45, 2.75) is 6.54 Å². The first-order valence-electron chi connectivity index (χ1n) is 6.07. The highest BCUT2D eigenvalue weighted by Crippen LogP contribution is 2.23. The highest BCUT2D eigenvalue weighted by molar-refractivity contribution is 9.10. The zero-order chi connectivity index (χ0) is 15.4. The topological polar surface area (TPSA) is 38.3 Å². The van der Waals surface area contributed by atoms with Crippen LogP contribution in [-0.2, 0) is 11.3 Å². The fourth-order valence-corrected chi connectivity index (χ4v) is 2.36. The fraction of sp³-hybridized carbons (Fsp3) is 0.133. The van der Waals surface area contributed by atoms with E-state index in [0.29, 0.717) is 17.3 Å². The standard InChI is InChI=1S/C15H12BrClFNO2/c1-21-15(20)12-7-11(3-5-14(12)17)19-8-9-6-10(18)2-4-13(9)16/h2-7,19H,8H2,1H3.